The molecule has 2 bridgehead atoms. The van der Waals surface area contributed by atoms with Gasteiger partial charge < -0.3 is 24.5 Å². The van der Waals surface area contributed by atoms with Crippen molar-refractivity contribution in [1.82, 2.24) is 14.7 Å². The van der Waals surface area contributed by atoms with Crippen LogP contribution in [-0.4, -0.2) is 87.1 Å². The fourth-order valence-corrected chi connectivity index (χ4v) is 7.39. The maximum atomic E-state index is 14.5. The van der Waals surface area contributed by atoms with Crippen LogP contribution in [0.4, 0.5) is 0 Å². The van der Waals surface area contributed by atoms with Crippen LogP contribution in [0.5, 0.6) is 0 Å². The minimum atomic E-state index is -1.11. The molecule has 0 aliphatic carbocycles. The zero-order chi connectivity index (χ0) is 29.9. The molecule has 3 heterocycles. The van der Waals surface area contributed by atoms with Gasteiger partial charge >= 0.3 is 0 Å². The molecular weight excluding hydrogens is 518 g/mol. The highest BCUT2D eigenvalue weighted by atomic mass is 16.5. The summed E-state index contributed by atoms with van der Waals surface area (Å²) in [5, 5.41) is 10.5. The first-order valence-electron chi connectivity index (χ1n) is 15.1. The van der Waals surface area contributed by atoms with Crippen molar-refractivity contribution in [3.63, 3.8) is 0 Å². The monoisotopic (exact) mass is 565 g/mol. The highest BCUT2D eigenvalue weighted by Gasteiger charge is 2.75. The Labute approximate surface area is 245 Å². The highest BCUT2D eigenvalue weighted by Crippen LogP contribution is 2.59. The van der Waals surface area contributed by atoms with Crippen LogP contribution in [0.25, 0.3) is 0 Å². The normalized spacial score (nSPS) is 28.0. The van der Waals surface area contributed by atoms with Gasteiger partial charge in [0.1, 0.15) is 11.6 Å². The van der Waals surface area contributed by atoms with Crippen LogP contribution in [0.1, 0.15) is 58.9 Å². The predicted molar refractivity (Wildman–Crippen MR) is 158 cm³/mol. The number of hydrogen-bond acceptors (Lipinski definition) is 5. The maximum absolute atomic E-state index is 14.5. The van der Waals surface area contributed by atoms with Gasteiger partial charge in [-0.3, -0.25) is 14.4 Å². The Kier molecular flexibility index (Phi) is 9.75. The summed E-state index contributed by atoms with van der Waals surface area (Å²) in [7, 11) is 0. The van der Waals surface area contributed by atoms with E-state index in [0.29, 0.717) is 32.5 Å². The topological polar surface area (TPSA) is 90.4 Å². The van der Waals surface area contributed by atoms with Gasteiger partial charge in [-0.2, -0.15) is 0 Å². The fourth-order valence-electron chi connectivity index (χ4n) is 7.39. The molecule has 0 aromatic heterocycles. The molecule has 3 aliphatic heterocycles. The van der Waals surface area contributed by atoms with Gasteiger partial charge in [-0.25, -0.2) is 0 Å². The summed E-state index contributed by atoms with van der Waals surface area (Å²) in [5.41, 5.74) is -0.126. The Morgan fingerprint density at radius 3 is 2.41 bits per heavy atom. The molecule has 3 amide bonds. The number of aliphatic hydroxyl groups excluding tert-OH is 1. The van der Waals surface area contributed by atoms with Gasteiger partial charge in [-0.05, 0) is 37.7 Å². The summed E-state index contributed by atoms with van der Waals surface area (Å²) in [6.07, 6.45) is 5.80. The number of aliphatic hydroxyl groups is 1. The van der Waals surface area contributed by atoms with Crippen molar-refractivity contribution in [2.75, 3.05) is 19.7 Å². The third-order valence-electron chi connectivity index (χ3n) is 9.30. The molecule has 7 atom stereocenters. The molecule has 1 aromatic rings. The largest absolute Gasteiger partial charge is 0.394 e. The third kappa shape index (κ3) is 5.48. The van der Waals surface area contributed by atoms with Crippen LogP contribution < -0.4 is 0 Å². The van der Waals surface area contributed by atoms with E-state index in [0.717, 1.165) is 18.4 Å². The van der Waals surface area contributed by atoms with Crippen LogP contribution >= 0.6 is 0 Å². The lowest BCUT2D eigenvalue weighted by Gasteiger charge is -2.41. The van der Waals surface area contributed by atoms with Crippen LogP contribution in [0.3, 0.4) is 0 Å². The van der Waals surface area contributed by atoms with Gasteiger partial charge in [0.25, 0.3) is 0 Å². The Morgan fingerprint density at radius 1 is 1.15 bits per heavy atom. The van der Waals surface area contributed by atoms with Crippen LogP contribution in [0.2, 0.25) is 0 Å². The van der Waals surface area contributed by atoms with Crippen molar-refractivity contribution in [1.29, 1.82) is 0 Å². The number of carbonyl (C=O) groups excluding carboxylic acids is 3. The standard InChI is InChI=1S/C33H47N3O5/c1-7-13-23(6)35(19-9-3)32(40)29-33-17-16-26(41-33)27(28(33)31(39)36(29)25(21-37)22(4)5)30(38)34(18-8-2)20-24-14-11-10-12-15-24/h8-12,14-15,22-23,25-29,37H,2-3,7,13,16-21H2,1,4-6H3/t23?,25-,26-,27+,28-,29?,33?/m0/s1. The van der Waals surface area contributed by atoms with Gasteiger partial charge in [0.15, 0.2) is 0 Å². The van der Waals surface area contributed by atoms with E-state index in [4.69, 9.17) is 4.74 Å². The predicted octanol–water partition coefficient (Wildman–Crippen LogP) is 3.80. The van der Waals surface area contributed by atoms with Crippen molar-refractivity contribution >= 4 is 17.7 Å². The number of fused-ring (bicyclic) bond motifs is 1. The summed E-state index contributed by atoms with van der Waals surface area (Å²) in [6.45, 7) is 16.5. The molecule has 3 unspecified atom stereocenters. The van der Waals surface area contributed by atoms with Crippen molar-refractivity contribution < 1.29 is 24.2 Å². The van der Waals surface area contributed by atoms with Crippen molar-refractivity contribution in [2.24, 2.45) is 17.8 Å². The first-order chi connectivity index (χ1) is 19.7. The highest BCUT2D eigenvalue weighted by molar-refractivity contribution is 5.99. The fraction of sp³-hybridized carbons (Fsp3) is 0.606. The third-order valence-corrected chi connectivity index (χ3v) is 9.30. The van der Waals surface area contributed by atoms with Gasteiger partial charge in [0.2, 0.25) is 17.7 Å². The number of benzene rings is 1. The van der Waals surface area contributed by atoms with E-state index in [1.165, 1.54) is 0 Å². The molecule has 41 heavy (non-hydrogen) atoms. The summed E-state index contributed by atoms with van der Waals surface area (Å²) in [5.74, 6) is -2.20. The van der Waals surface area contributed by atoms with E-state index in [1.54, 1.807) is 26.9 Å². The van der Waals surface area contributed by atoms with E-state index in [1.807, 2.05) is 51.1 Å². The number of nitrogens with zero attached hydrogens (tertiary/aromatic N) is 3. The lowest BCUT2D eigenvalue weighted by atomic mass is 9.70. The Morgan fingerprint density at radius 2 is 1.83 bits per heavy atom. The lowest BCUT2D eigenvalue weighted by molar-refractivity contribution is -0.154. The van der Waals surface area contributed by atoms with Crippen LogP contribution in [0, 0.1) is 17.8 Å². The van der Waals surface area contributed by atoms with E-state index < -0.39 is 35.6 Å². The molecule has 3 aliphatic rings. The molecule has 3 fully saturated rings. The molecule has 0 radical (unpaired) electrons. The van der Waals surface area contributed by atoms with Gasteiger partial charge in [-0.15, -0.1) is 13.2 Å². The lowest BCUT2D eigenvalue weighted by Crippen LogP contribution is -2.60. The number of carbonyl (C=O) groups is 3. The average Bonchev–Trinajstić information content (AvgIpc) is 3.59. The first-order valence-corrected chi connectivity index (χ1v) is 15.1. The molecule has 4 rings (SSSR count). The molecule has 3 saturated heterocycles. The summed E-state index contributed by atoms with van der Waals surface area (Å²) in [6, 6.07) is 8.20. The Balaban J connectivity index is 1.76. The number of amides is 3. The zero-order valence-corrected chi connectivity index (χ0v) is 25.1. The molecule has 1 spiro atoms. The second kappa shape index (κ2) is 12.9. The van der Waals surface area contributed by atoms with Crippen molar-refractivity contribution in [3.8, 4) is 0 Å². The minimum Gasteiger partial charge on any atom is -0.394 e. The molecule has 1 aromatic carbocycles. The van der Waals surface area contributed by atoms with E-state index in [-0.39, 0.29) is 36.3 Å². The quantitative estimate of drug-likeness (QED) is 0.347. The second-order valence-electron chi connectivity index (χ2n) is 12.2. The van der Waals surface area contributed by atoms with E-state index in [2.05, 4.69) is 20.1 Å². The van der Waals surface area contributed by atoms with E-state index in [9.17, 15) is 19.5 Å². The number of rotatable bonds is 14. The Bertz CT molecular complexity index is 1120. The molecule has 8 heteroatoms. The average molecular weight is 566 g/mol. The Hall–Kier alpha value is -2.97. The van der Waals surface area contributed by atoms with Crippen LogP contribution in [0.15, 0.2) is 55.6 Å². The molecule has 1 N–H and O–H groups in total. The van der Waals surface area contributed by atoms with Crippen molar-refractivity contribution in [2.45, 2.75) is 89.8 Å². The van der Waals surface area contributed by atoms with Gasteiger partial charge in [0.05, 0.1) is 30.6 Å². The number of ether oxygens (including phenoxy) is 1. The summed E-state index contributed by atoms with van der Waals surface area (Å²) < 4.78 is 6.68. The molecule has 0 saturated carbocycles. The summed E-state index contributed by atoms with van der Waals surface area (Å²) in [4.78, 5) is 48.4. The van der Waals surface area contributed by atoms with Gasteiger partial charge in [0, 0.05) is 25.7 Å². The zero-order valence-electron chi connectivity index (χ0n) is 25.1. The van der Waals surface area contributed by atoms with Gasteiger partial charge in [-0.1, -0.05) is 69.7 Å². The number of hydrogen-bond donors (Lipinski definition) is 1. The van der Waals surface area contributed by atoms with Crippen molar-refractivity contribution in [3.05, 3.63) is 61.2 Å². The van der Waals surface area contributed by atoms with Crippen LogP contribution in [-0.2, 0) is 25.7 Å². The molecule has 224 valence electrons. The SMILES string of the molecule is C=CCN(Cc1ccccc1)C(=O)[C@@H]1[C@@H]2CCC3(O2)C(C(=O)N(CC=C)C(C)CCC)N([C@@H](CO)C(C)C)C(=O)[C@H]13. The minimum absolute atomic E-state index is 0.0606. The van der Waals surface area contributed by atoms with E-state index >= 15 is 0 Å². The number of likely N-dealkylation sites (tertiary alicyclic amines) is 1. The second-order valence-corrected chi connectivity index (χ2v) is 12.2. The first kappa shape index (κ1) is 31.0. The molecular formula is C33H47N3O5. The maximum Gasteiger partial charge on any atom is 0.248 e. The summed E-state index contributed by atoms with van der Waals surface area (Å²) >= 11 is 0. The smallest absolute Gasteiger partial charge is 0.248 e. The molecule has 8 nitrogen and oxygen atoms in total.